The van der Waals surface area contributed by atoms with Crippen LogP contribution < -0.4 is 5.73 Å². The molecule has 0 rings (SSSR count). The van der Waals surface area contributed by atoms with Crippen molar-refractivity contribution in [1.29, 1.82) is 0 Å². The van der Waals surface area contributed by atoms with E-state index in [4.69, 9.17) is 10.8 Å². The van der Waals surface area contributed by atoms with E-state index in [9.17, 15) is 8.78 Å². The summed E-state index contributed by atoms with van der Waals surface area (Å²) in [4.78, 5) is 0. The molecule has 11 heavy (non-hydrogen) atoms. The normalized spacial score (nSPS) is 16.9. The third kappa shape index (κ3) is 4.27. The lowest BCUT2D eigenvalue weighted by molar-refractivity contribution is -0.0202. The molecule has 0 spiro atoms. The first-order chi connectivity index (χ1) is 5.09. The second kappa shape index (κ2) is 5.43. The number of aliphatic hydroxyl groups excluding tert-OH is 1. The van der Waals surface area contributed by atoms with Crippen LogP contribution in [0.15, 0.2) is 0 Å². The molecule has 0 amide bonds. The lowest BCUT2D eigenvalue weighted by Crippen LogP contribution is -2.39. The van der Waals surface area contributed by atoms with E-state index in [-0.39, 0.29) is 0 Å². The first kappa shape index (κ1) is 10.8. The fourth-order valence-corrected chi connectivity index (χ4v) is 0.797. The number of aliphatic hydroxyl groups is 1. The standard InChI is InChI=1S/C7H15F2NO/c1-2-3-4-5(10)6(11)7(8)9/h5-7,11H,2-4,10H2,1H3/t5-,6?/m1/s1. The van der Waals surface area contributed by atoms with Crippen LogP contribution in [0.1, 0.15) is 26.2 Å². The van der Waals surface area contributed by atoms with Crippen molar-refractivity contribution < 1.29 is 13.9 Å². The maximum absolute atomic E-state index is 11.8. The summed E-state index contributed by atoms with van der Waals surface area (Å²) in [6.45, 7) is 1.95. The molecule has 0 radical (unpaired) electrons. The molecule has 0 aromatic heterocycles. The molecule has 0 saturated carbocycles. The van der Waals surface area contributed by atoms with Crippen LogP contribution in [0.25, 0.3) is 0 Å². The van der Waals surface area contributed by atoms with Gasteiger partial charge in [0.1, 0.15) is 6.10 Å². The molecule has 1 unspecified atom stereocenters. The second-order valence-electron chi connectivity index (χ2n) is 2.63. The summed E-state index contributed by atoms with van der Waals surface area (Å²) >= 11 is 0. The van der Waals surface area contributed by atoms with Gasteiger partial charge in [-0.05, 0) is 6.42 Å². The van der Waals surface area contributed by atoms with Crippen LogP contribution in [0.3, 0.4) is 0 Å². The van der Waals surface area contributed by atoms with Gasteiger partial charge in [0.2, 0.25) is 0 Å². The number of hydrogen-bond acceptors (Lipinski definition) is 2. The molecular weight excluding hydrogens is 152 g/mol. The Morgan fingerprint density at radius 1 is 1.45 bits per heavy atom. The van der Waals surface area contributed by atoms with Crippen molar-refractivity contribution in [2.45, 2.75) is 44.8 Å². The van der Waals surface area contributed by atoms with E-state index in [1.807, 2.05) is 6.92 Å². The van der Waals surface area contributed by atoms with Crippen molar-refractivity contribution in [3.05, 3.63) is 0 Å². The number of rotatable bonds is 5. The van der Waals surface area contributed by atoms with Crippen molar-refractivity contribution in [2.75, 3.05) is 0 Å². The van der Waals surface area contributed by atoms with E-state index in [0.717, 1.165) is 12.8 Å². The molecule has 0 aliphatic rings. The molecule has 0 fully saturated rings. The van der Waals surface area contributed by atoms with Crippen LogP contribution >= 0.6 is 0 Å². The van der Waals surface area contributed by atoms with Gasteiger partial charge >= 0.3 is 0 Å². The Morgan fingerprint density at radius 3 is 2.36 bits per heavy atom. The highest BCUT2D eigenvalue weighted by atomic mass is 19.3. The van der Waals surface area contributed by atoms with Gasteiger partial charge in [0.05, 0.1) is 0 Å². The SMILES string of the molecule is CCCC[C@@H](N)C(O)C(F)F. The van der Waals surface area contributed by atoms with Crippen LogP contribution in [0.4, 0.5) is 8.78 Å². The van der Waals surface area contributed by atoms with Gasteiger partial charge in [-0.3, -0.25) is 0 Å². The van der Waals surface area contributed by atoms with Crippen molar-refractivity contribution in [3.63, 3.8) is 0 Å². The summed E-state index contributed by atoms with van der Waals surface area (Å²) in [6.07, 6.45) is -2.24. The summed E-state index contributed by atoms with van der Waals surface area (Å²) in [5, 5.41) is 8.75. The molecule has 0 aliphatic heterocycles. The minimum Gasteiger partial charge on any atom is -0.386 e. The van der Waals surface area contributed by atoms with Crippen molar-refractivity contribution >= 4 is 0 Å². The van der Waals surface area contributed by atoms with Gasteiger partial charge in [-0.25, -0.2) is 8.78 Å². The molecule has 0 aliphatic carbocycles. The summed E-state index contributed by atoms with van der Waals surface area (Å²) in [7, 11) is 0. The Kier molecular flexibility index (Phi) is 5.32. The largest absolute Gasteiger partial charge is 0.386 e. The van der Waals surface area contributed by atoms with Crippen LogP contribution in [0.5, 0.6) is 0 Å². The van der Waals surface area contributed by atoms with Crippen LogP contribution in [-0.4, -0.2) is 23.7 Å². The van der Waals surface area contributed by atoms with Crippen molar-refractivity contribution in [1.82, 2.24) is 0 Å². The Hall–Kier alpha value is -0.220. The van der Waals surface area contributed by atoms with E-state index in [1.165, 1.54) is 0 Å². The fraction of sp³-hybridized carbons (Fsp3) is 1.00. The molecule has 3 N–H and O–H groups in total. The van der Waals surface area contributed by atoms with E-state index in [2.05, 4.69) is 0 Å². The Balaban J connectivity index is 3.55. The molecule has 2 nitrogen and oxygen atoms in total. The predicted molar refractivity (Wildman–Crippen MR) is 39.5 cm³/mol. The smallest absolute Gasteiger partial charge is 0.265 e. The highest BCUT2D eigenvalue weighted by molar-refractivity contribution is 4.73. The summed E-state index contributed by atoms with van der Waals surface area (Å²) in [6, 6.07) is -0.782. The average Bonchev–Trinajstić information content (AvgIpc) is 1.98. The first-order valence-electron chi connectivity index (χ1n) is 3.81. The topological polar surface area (TPSA) is 46.2 Å². The third-order valence-electron chi connectivity index (χ3n) is 1.59. The molecule has 4 heteroatoms. The maximum atomic E-state index is 11.8. The Bertz CT molecular complexity index is 100. The quantitative estimate of drug-likeness (QED) is 0.644. The zero-order chi connectivity index (χ0) is 8.85. The van der Waals surface area contributed by atoms with Crippen LogP contribution in [0, 0.1) is 0 Å². The molecule has 68 valence electrons. The van der Waals surface area contributed by atoms with Gasteiger partial charge in [-0.1, -0.05) is 19.8 Å². The van der Waals surface area contributed by atoms with Gasteiger partial charge in [0, 0.05) is 6.04 Å². The monoisotopic (exact) mass is 167 g/mol. The van der Waals surface area contributed by atoms with Gasteiger partial charge in [-0.2, -0.15) is 0 Å². The Labute approximate surface area is 65.4 Å². The maximum Gasteiger partial charge on any atom is 0.265 e. The molecule has 0 heterocycles. The Morgan fingerprint density at radius 2 is 2.00 bits per heavy atom. The third-order valence-corrected chi connectivity index (χ3v) is 1.59. The highest BCUT2D eigenvalue weighted by Crippen LogP contribution is 2.09. The molecular formula is C7H15F2NO. The second-order valence-corrected chi connectivity index (χ2v) is 2.63. The predicted octanol–water partition coefficient (Wildman–Crippen LogP) is 1.13. The number of nitrogens with two attached hydrogens (primary N) is 1. The van der Waals surface area contributed by atoms with Gasteiger partial charge < -0.3 is 10.8 Å². The first-order valence-corrected chi connectivity index (χ1v) is 3.81. The highest BCUT2D eigenvalue weighted by Gasteiger charge is 2.23. The number of alkyl halides is 2. The van der Waals surface area contributed by atoms with Crippen molar-refractivity contribution in [3.8, 4) is 0 Å². The van der Waals surface area contributed by atoms with Crippen molar-refractivity contribution in [2.24, 2.45) is 5.73 Å². The van der Waals surface area contributed by atoms with E-state index < -0.39 is 18.6 Å². The minimum atomic E-state index is -2.72. The summed E-state index contributed by atoms with van der Waals surface area (Å²) in [5.74, 6) is 0. The molecule has 0 bridgehead atoms. The molecule has 0 saturated heterocycles. The number of hydrogen-bond donors (Lipinski definition) is 2. The average molecular weight is 167 g/mol. The van der Waals surface area contributed by atoms with E-state index in [0.29, 0.717) is 6.42 Å². The lowest BCUT2D eigenvalue weighted by atomic mass is 10.1. The zero-order valence-electron chi connectivity index (χ0n) is 6.63. The van der Waals surface area contributed by atoms with Gasteiger partial charge in [0.15, 0.2) is 0 Å². The minimum absolute atomic E-state index is 0.460. The van der Waals surface area contributed by atoms with Gasteiger partial charge in [-0.15, -0.1) is 0 Å². The number of unbranched alkanes of at least 4 members (excludes halogenated alkanes) is 1. The number of halogens is 2. The molecule has 0 aromatic carbocycles. The van der Waals surface area contributed by atoms with Crippen LogP contribution in [-0.2, 0) is 0 Å². The molecule has 2 atom stereocenters. The molecule has 0 aromatic rings. The summed E-state index contributed by atoms with van der Waals surface area (Å²) in [5.41, 5.74) is 5.27. The summed E-state index contributed by atoms with van der Waals surface area (Å²) < 4.78 is 23.6. The van der Waals surface area contributed by atoms with Crippen LogP contribution in [0.2, 0.25) is 0 Å². The van der Waals surface area contributed by atoms with Gasteiger partial charge in [0.25, 0.3) is 6.43 Å². The fourth-order valence-electron chi connectivity index (χ4n) is 0.797. The van der Waals surface area contributed by atoms with E-state index >= 15 is 0 Å². The zero-order valence-corrected chi connectivity index (χ0v) is 6.63. The lowest BCUT2D eigenvalue weighted by Gasteiger charge is -2.16. The van der Waals surface area contributed by atoms with E-state index in [1.54, 1.807) is 0 Å².